The van der Waals surface area contributed by atoms with E-state index in [0.29, 0.717) is 30.2 Å². The molecule has 2 aliphatic carbocycles. The van der Waals surface area contributed by atoms with Crippen molar-refractivity contribution in [3.63, 3.8) is 0 Å². The molecule has 0 unspecified atom stereocenters. The minimum atomic E-state index is -4.77. The van der Waals surface area contributed by atoms with Crippen LogP contribution in [-0.4, -0.2) is 115 Å². The second kappa shape index (κ2) is 20.1. The normalized spacial score (nSPS) is 20.8. The average Bonchev–Trinajstić information content (AvgIpc) is 3.63. The zero-order chi connectivity index (χ0) is 51.6. The lowest BCUT2D eigenvalue weighted by molar-refractivity contribution is -0.193. The molecular weight excluding hydrogens is 1030 g/mol. The summed E-state index contributed by atoms with van der Waals surface area (Å²) in [5.41, 5.74) is 4.87. The van der Waals surface area contributed by atoms with Gasteiger partial charge in [-0.25, -0.2) is 4.98 Å². The number of benzene rings is 3. The van der Waals surface area contributed by atoms with Gasteiger partial charge in [-0.15, -0.1) is 11.3 Å². The molecule has 3 aromatic heterocycles. The molecule has 0 spiro atoms. The Hall–Kier alpha value is -5.21. The highest BCUT2D eigenvalue weighted by molar-refractivity contribution is 9.10. The SMILES string of the molecule is Cc1ncsc1-c1ccc([C@H](COCCN2CCC(c3ccc4c(c3)n(C3CCCC3)c3nc(=O)c5c(Br)cccc5n43)CC2)NC(=O)[C@@H]2C[C@@H](O)CN2C(=O)[C@@H](NC(=O)C2(C(F)(F)F)CC2)C(C)(C)C)cc1. The van der Waals surface area contributed by atoms with Crippen molar-refractivity contribution in [2.75, 3.05) is 39.4 Å². The molecule has 14 nitrogen and oxygen atoms in total. The third-order valence-electron chi connectivity index (χ3n) is 15.8. The van der Waals surface area contributed by atoms with E-state index in [4.69, 9.17) is 9.72 Å². The quantitative estimate of drug-likeness (QED) is 0.0904. The summed E-state index contributed by atoms with van der Waals surface area (Å²) >= 11 is 5.13. The van der Waals surface area contributed by atoms with Crippen LogP contribution in [0.15, 0.2) is 75.4 Å². The molecule has 73 heavy (non-hydrogen) atoms. The average molecular weight is 1090 g/mol. The standard InChI is InChI=1S/C54H62BrF3N8O6S/c1-31-45(73-30-59-31)34-14-12-33(13-15-34)39(60-47(68)43-27-37(67)28-64(43)49(70)46(52(2,3)4)61-50(71)53(20-21-53)54(56,57)58)29-72-25-24-63-22-18-32(19-23-63)35-16-17-40-42(26-35)65(36-8-5-6-9-36)51-62-48(69)44-38(55)10-7-11-41(44)66(40)51/h7,10-17,26,30,32,36-37,39,43,46,67H,5-6,8-9,18-25,27-29H2,1-4H3,(H,60,68)(H,61,71)/t37-,39+,43+,46-/m1/s1. The summed E-state index contributed by atoms with van der Waals surface area (Å²) in [5, 5.41) is 16.9. The topological polar surface area (TPSA) is 163 Å². The lowest BCUT2D eigenvalue weighted by Crippen LogP contribution is -2.59. The number of fused-ring (bicyclic) bond motifs is 5. The first-order valence-corrected chi connectivity index (χ1v) is 27.1. The molecule has 2 saturated heterocycles. The summed E-state index contributed by atoms with van der Waals surface area (Å²) in [6.45, 7) is 9.53. The number of rotatable bonds is 14. The zero-order valence-electron chi connectivity index (χ0n) is 41.5. The van der Waals surface area contributed by atoms with Gasteiger partial charge in [0.2, 0.25) is 23.5 Å². The number of nitrogens with zero attached hydrogens (tertiary/aromatic N) is 6. The number of aryl methyl sites for hydroxylation is 1. The van der Waals surface area contributed by atoms with Crippen molar-refractivity contribution in [1.29, 1.82) is 0 Å². The molecular formula is C54H62BrF3N8O6S. The molecule has 388 valence electrons. The van der Waals surface area contributed by atoms with Crippen molar-refractivity contribution >= 4 is 72.7 Å². The summed E-state index contributed by atoms with van der Waals surface area (Å²) in [6.07, 6.45) is -0.348. The van der Waals surface area contributed by atoms with Gasteiger partial charge in [0.15, 0.2) is 0 Å². The van der Waals surface area contributed by atoms with Crippen LogP contribution in [0.2, 0.25) is 0 Å². The molecule has 19 heteroatoms. The molecule has 3 aromatic carbocycles. The molecule has 10 rings (SSSR count). The number of nitrogens with one attached hydrogen (secondary N) is 2. The molecule has 2 saturated carbocycles. The largest absolute Gasteiger partial charge is 0.403 e. The molecule has 5 heterocycles. The minimum Gasteiger partial charge on any atom is -0.391 e. The van der Waals surface area contributed by atoms with E-state index >= 15 is 0 Å². The van der Waals surface area contributed by atoms with Gasteiger partial charge in [0.05, 0.1) is 63.4 Å². The number of piperidine rings is 1. The fourth-order valence-electron chi connectivity index (χ4n) is 11.4. The maximum atomic E-state index is 14.3. The molecule has 6 aromatic rings. The van der Waals surface area contributed by atoms with Crippen molar-refractivity contribution in [1.82, 2.24) is 39.4 Å². The van der Waals surface area contributed by atoms with Crippen LogP contribution < -0.4 is 16.2 Å². The highest BCUT2D eigenvalue weighted by Gasteiger charge is 2.69. The molecule has 4 fully saturated rings. The number of thiazole rings is 1. The number of hydrogen-bond acceptors (Lipinski definition) is 10. The van der Waals surface area contributed by atoms with Gasteiger partial charge in [-0.1, -0.05) is 70.0 Å². The summed E-state index contributed by atoms with van der Waals surface area (Å²) < 4.78 is 53.4. The maximum Gasteiger partial charge on any atom is 0.403 e. The van der Waals surface area contributed by atoms with Gasteiger partial charge in [-0.2, -0.15) is 18.2 Å². The van der Waals surface area contributed by atoms with Gasteiger partial charge in [0, 0.05) is 30.0 Å². The van der Waals surface area contributed by atoms with Crippen molar-refractivity contribution in [3.8, 4) is 10.4 Å². The fraction of sp³-hybridized carbons (Fsp3) is 0.519. The van der Waals surface area contributed by atoms with E-state index in [1.165, 1.54) is 21.8 Å². The number of halogens is 4. The molecule has 4 atom stereocenters. The Labute approximate surface area is 433 Å². The Bertz CT molecular complexity index is 3110. The molecule has 0 bridgehead atoms. The number of aromatic nitrogens is 4. The van der Waals surface area contributed by atoms with Crippen LogP contribution in [0.3, 0.4) is 0 Å². The Morgan fingerprint density at radius 1 is 0.959 bits per heavy atom. The lowest BCUT2D eigenvalue weighted by Gasteiger charge is -2.36. The molecule has 0 radical (unpaired) electrons. The van der Waals surface area contributed by atoms with E-state index in [9.17, 15) is 37.5 Å². The van der Waals surface area contributed by atoms with E-state index in [0.717, 1.165) is 94.3 Å². The van der Waals surface area contributed by atoms with Crippen molar-refractivity contribution in [2.24, 2.45) is 10.8 Å². The number of hydrogen-bond donors (Lipinski definition) is 3. The van der Waals surface area contributed by atoms with Crippen LogP contribution in [-0.2, 0) is 19.1 Å². The number of imidazole rings is 1. The van der Waals surface area contributed by atoms with Crippen LogP contribution in [0.1, 0.15) is 113 Å². The highest BCUT2D eigenvalue weighted by atomic mass is 79.9. The third kappa shape index (κ3) is 9.96. The predicted octanol–water partition coefficient (Wildman–Crippen LogP) is 9.00. The van der Waals surface area contributed by atoms with E-state index in [1.54, 1.807) is 26.3 Å². The number of carbonyl (C=O) groups is 3. The number of likely N-dealkylation sites (tertiary alicyclic amines) is 2. The first kappa shape index (κ1) is 51.3. The summed E-state index contributed by atoms with van der Waals surface area (Å²) in [7, 11) is 0. The van der Waals surface area contributed by atoms with Gasteiger partial charge >= 0.3 is 6.18 Å². The van der Waals surface area contributed by atoms with Crippen LogP contribution in [0.5, 0.6) is 0 Å². The van der Waals surface area contributed by atoms with E-state index < -0.39 is 59.0 Å². The second-order valence-electron chi connectivity index (χ2n) is 21.6. The van der Waals surface area contributed by atoms with Crippen molar-refractivity contribution < 1.29 is 37.4 Å². The van der Waals surface area contributed by atoms with Gasteiger partial charge in [-0.05, 0) is 127 Å². The predicted molar refractivity (Wildman–Crippen MR) is 277 cm³/mol. The number of amides is 3. The van der Waals surface area contributed by atoms with E-state index in [1.807, 2.05) is 49.4 Å². The number of β-amino-alcohol motifs (C(OH)–C–C–N with tert-alkyl or cyclic N) is 1. The fourth-order valence-corrected chi connectivity index (χ4v) is 12.7. The summed E-state index contributed by atoms with van der Waals surface area (Å²) in [6, 6.07) is 17.4. The Morgan fingerprint density at radius 2 is 1.68 bits per heavy atom. The van der Waals surface area contributed by atoms with Crippen LogP contribution in [0, 0.1) is 17.8 Å². The molecule has 3 N–H and O–H groups in total. The highest BCUT2D eigenvalue weighted by Crippen LogP contribution is 2.58. The van der Waals surface area contributed by atoms with Gasteiger partial charge in [-0.3, -0.25) is 23.6 Å². The Kier molecular flexibility index (Phi) is 14.2. The summed E-state index contributed by atoms with van der Waals surface area (Å²) in [4.78, 5) is 68.9. The number of alkyl halides is 3. The first-order chi connectivity index (χ1) is 34.8. The number of aliphatic hydroxyl groups is 1. The number of carbonyl (C=O) groups excluding carboxylic acids is 3. The van der Waals surface area contributed by atoms with Crippen LogP contribution >= 0.6 is 27.3 Å². The molecule has 3 amide bonds. The minimum absolute atomic E-state index is 0.0896. The first-order valence-electron chi connectivity index (χ1n) is 25.4. The van der Waals surface area contributed by atoms with Crippen LogP contribution in [0.4, 0.5) is 13.2 Å². The lowest BCUT2D eigenvalue weighted by atomic mass is 9.85. The number of ether oxygens (including phenoxy) is 1. The maximum absolute atomic E-state index is 14.3. The Balaban J connectivity index is 0.814. The van der Waals surface area contributed by atoms with E-state index in [-0.39, 0.29) is 44.0 Å². The molecule has 2 aliphatic heterocycles. The monoisotopic (exact) mass is 1090 g/mol. The van der Waals surface area contributed by atoms with Gasteiger partial charge in [0.1, 0.15) is 17.5 Å². The van der Waals surface area contributed by atoms with Crippen molar-refractivity contribution in [2.45, 2.75) is 128 Å². The van der Waals surface area contributed by atoms with E-state index in [2.05, 4.69) is 63.6 Å². The van der Waals surface area contributed by atoms with Crippen LogP contribution in [0.25, 0.3) is 38.2 Å². The van der Waals surface area contributed by atoms with Gasteiger partial charge < -0.3 is 34.8 Å². The third-order valence-corrected chi connectivity index (χ3v) is 17.4. The van der Waals surface area contributed by atoms with Gasteiger partial charge in [0.25, 0.3) is 5.56 Å². The smallest absolute Gasteiger partial charge is 0.391 e. The summed E-state index contributed by atoms with van der Waals surface area (Å²) in [5.74, 6) is -1.51. The molecule has 4 aliphatic rings. The Morgan fingerprint density at radius 3 is 2.34 bits per heavy atom. The van der Waals surface area contributed by atoms with Crippen molar-refractivity contribution in [3.05, 3.63) is 97.8 Å². The second-order valence-corrected chi connectivity index (χ2v) is 23.3. The zero-order valence-corrected chi connectivity index (χ0v) is 43.9. The number of aliphatic hydroxyl groups excluding tert-OH is 1.